The number of ether oxygens (including phenoxy) is 3. The quantitative estimate of drug-likeness (QED) is 0.267. The minimum absolute atomic E-state index is 0.128. The normalized spacial score (nSPS) is 12.3. The van der Waals surface area contributed by atoms with Crippen LogP contribution in [0.15, 0.2) is 66.3 Å². The van der Waals surface area contributed by atoms with E-state index in [1.54, 1.807) is 50.3 Å². The summed E-state index contributed by atoms with van der Waals surface area (Å²) in [5.74, 6) is -1.64. The van der Waals surface area contributed by atoms with Gasteiger partial charge in [-0.25, -0.2) is 18.4 Å². The third-order valence-electron chi connectivity index (χ3n) is 4.39. The van der Waals surface area contributed by atoms with Gasteiger partial charge in [-0.3, -0.25) is 5.32 Å². The minimum atomic E-state index is -0.932. The fourth-order valence-electron chi connectivity index (χ4n) is 2.85. The van der Waals surface area contributed by atoms with Gasteiger partial charge in [0, 0.05) is 18.6 Å². The molecule has 0 radical (unpaired) electrons. The number of allylic oxidation sites excluding steroid dienone is 2. The van der Waals surface area contributed by atoms with Crippen LogP contribution in [-0.4, -0.2) is 37.0 Å². The molecule has 0 aliphatic carbocycles. The Bertz CT molecular complexity index is 1020. The molecule has 34 heavy (non-hydrogen) atoms. The van der Waals surface area contributed by atoms with Crippen LogP contribution in [0, 0.1) is 11.6 Å². The topological polar surface area (TPSA) is 94.1 Å². The molecule has 0 saturated heterocycles. The second-order valence-corrected chi connectivity index (χ2v) is 7.06. The number of anilines is 1. The van der Waals surface area contributed by atoms with E-state index in [0.717, 1.165) is 12.1 Å². The van der Waals surface area contributed by atoms with Crippen molar-refractivity contribution in [3.05, 3.63) is 83.5 Å². The monoisotopic (exact) mass is 475 g/mol. The molecule has 1 amide bonds. The van der Waals surface area contributed by atoms with E-state index >= 15 is 0 Å². The number of benzene rings is 2. The fourth-order valence-corrected chi connectivity index (χ4v) is 2.85. The number of hydrogen-bond donors (Lipinski definition) is 2. The van der Waals surface area contributed by atoms with Crippen LogP contribution < -0.4 is 10.1 Å². The Morgan fingerprint density at radius 2 is 1.88 bits per heavy atom. The van der Waals surface area contributed by atoms with E-state index in [0.29, 0.717) is 23.0 Å². The van der Waals surface area contributed by atoms with E-state index < -0.39 is 29.8 Å². The molecule has 9 heteroatoms. The number of hydrogen-bond acceptors (Lipinski definition) is 6. The summed E-state index contributed by atoms with van der Waals surface area (Å²) in [6.45, 7) is 3.71. The van der Waals surface area contributed by atoms with Gasteiger partial charge in [0.15, 0.2) is 0 Å². The summed E-state index contributed by atoms with van der Waals surface area (Å²) in [6, 6.07) is 9.47. The van der Waals surface area contributed by atoms with Gasteiger partial charge in [0.25, 0.3) is 0 Å². The highest BCUT2D eigenvalue weighted by Crippen LogP contribution is 2.26. The van der Waals surface area contributed by atoms with Crippen molar-refractivity contribution >= 4 is 17.7 Å². The number of carbonyl (C=O) groups is 2. The zero-order valence-corrected chi connectivity index (χ0v) is 18.9. The largest absolute Gasteiger partial charge is 0.491 e. The van der Waals surface area contributed by atoms with Crippen molar-refractivity contribution in [2.45, 2.75) is 26.4 Å². The maximum absolute atomic E-state index is 13.9. The highest BCUT2D eigenvalue weighted by Gasteiger charge is 2.17. The van der Waals surface area contributed by atoms with E-state index in [1.165, 1.54) is 6.08 Å². The van der Waals surface area contributed by atoms with Gasteiger partial charge in [0.2, 0.25) is 0 Å². The number of aliphatic hydroxyl groups excluding tert-OH is 1. The zero-order chi connectivity index (χ0) is 24.9. The number of carbonyl (C=O) groups excluding carboxylic acids is 2. The molecule has 2 N–H and O–H groups in total. The van der Waals surface area contributed by atoms with Crippen molar-refractivity contribution in [2.24, 2.45) is 0 Å². The predicted molar refractivity (Wildman–Crippen MR) is 122 cm³/mol. The third kappa shape index (κ3) is 9.03. The standard InChI is InChI=1S/C25H27F2NO6/c1-3-32-24(30)15-17(2)5-4-6-23(18-7-10-20(11-8-18)33-14-13-29)34-25(31)28-22-12-9-19(26)16-21(22)27/h4-5,7-12,15-16,23,29H,3,6,13-14H2,1-2H3,(H,28,31)/b5-4+,17-15+/t23-/m1/s1. The fraction of sp³-hybridized carbons (Fsp3) is 0.280. The number of halogens is 2. The molecule has 0 aliphatic rings. The lowest BCUT2D eigenvalue weighted by Gasteiger charge is -2.18. The molecule has 0 aromatic heterocycles. The summed E-state index contributed by atoms with van der Waals surface area (Å²) in [5, 5.41) is 11.1. The Kier molecular flexibility index (Phi) is 10.7. The van der Waals surface area contributed by atoms with E-state index in [4.69, 9.17) is 19.3 Å². The van der Waals surface area contributed by atoms with Gasteiger partial charge < -0.3 is 19.3 Å². The highest BCUT2D eigenvalue weighted by atomic mass is 19.1. The van der Waals surface area contributed by atoms with Crippen molar-refractivity contribution in [3.8, 4) is 5.75 Å². The zero-order valence-electron chi connectivity index (χ0n) is 18.9. The van der Waals surface area contributed by atoms with Gasteiger partial charge in [0.05, 0.1) is 18.9 Å². The summed E-state index contributed by atoms with van der Waals surface area (Å²) < 4.78 is 42.7. The van der Waals surface area contributed by atoms with Crippen molar-refractivity contribution in [2.75, 3.05) is 25.1 Å². The van der Waals surface area contributed by atoms with Crippen molar-refractivity contribution in [1.29, 1.82) is 0 Å². The molecule has 7 nitrogen and oxygen atoms in total. The molecule has 0 spiro atoms. The molecular formula is C25H27F2NO6. The molecule has 0 heterocycles. The molecule has 0 fully saturated rings. The van der Waals surface area contributed by atoms with Gasteiger partial charge in [0.1, 0.15) is 30.1 Å². The molecule has 0 unspecified atom stereocenters. The van der Waals surface area contributed by atoms with Crippen LogP contribution in [0.1, 0.15) is 31.9 Å². The van der Waals surface area contributed by atoms with Crippen molar-refractivity contribution in [3.63, 3.8) is 0 Å². The molecule has 0 saturated carbocycles. The van der Waals surface area contributed by atoms with Crippen LogP contribution in [0.3, 0.4) is 0 Å². The van der Waals surface area contributed by atoms with Crippen LogP contribution in [-0.2, 0) is 14.3 Å². The summed E-state index contributed by atoms with van der Waals surface area (Å²) in [4.78, 5) is 24.0. The van der Waals surface area contributed by atoms with Crippen molar-refractivity contribution in [1.82, 2.24) is 0 Å². The molecule has 182 valence electrons. The molecule has 2 rings (SSSR count). The number of amides is 1. The SMILES string of the molecule is CCOC(=O)/C=C(C)/C=C/C[C@@H](OC(=O)Nc1ccc(F)cc1F)c1ccc(OCCO)cc1. The molecule has 2 aromatic carbocycles. The summed E-state index contributed by atoms with van der Waals surface area (Å²) >= 11 is 0. The van der Waals surface area contributed by atoms with Crippen LogP contribution in [0.5, 0.6) is 5.75 Å². The number of esters is 1. The smallest absolute Gasteiger partial charge is 0.412 e. The lowest BCUT2D eigenvalue weighted by Crippen LogP contribution is -2.18. The average molecular weight is 475 g/mol. The van der Waals surface area contributed by atoms with E-state index in [9.17, 15) is 18.4 Å². The predicted octanol–water partition coefficient (Wildman–Crippen LogP) is 5.08. The molecule has 0 bridgehead atoms. The number of rotatable bonds is 11. The molecular weight excluding hydrogens is 448 g/mol. The Labute approximate surface area is 196 Å². The van der Waals surface area contributed by atoms with Gasteiger partial charge in [-0.2, -0.15) is 0 Å². The van der Waals surface area contributed by atoms with E-state index in [1.807, 2.05) is 0 Å². The van der Waals surface area contributed by atoms with Crippen LogP contribution in [0.4, 0.5) is 19.3 Å². The highest BCUT2D eigenvalue weighted by molar-refractivity contribution is 5.85. The maximum atomic E-state index is 13.9. The van der Waals surface area contributed by atoms with Gasteiger partial charge >= 0.3 is 12.1 Å². The Morgan fingerprint density at radius 3 is 2.53 bits per heavy atom. The first kappa shape index (κ1) is 26.5. The second kappa shape index (κ2) is 13.7. The first-order valence-corrected chi connectivity index (χ1v) is 10.6. The van der Waals surface area contributed by atoms with E-state index in [-0.39, 0.29) is 31.9 Å². The second-order valence-electron chi connectivity index (χ2n) is 7.06. The van der Waals surface area contributed by atoms with Gasteiger partial charge in [-0.05, 0) is 49.2 Å². The average Bonchev–Trinajstić information content (AvgIpc) is 2.79. The first-order valence-electron chi connectivity index (χ1n) is 10.6. The molecule has 0 aliphatic heterocycles. The minimum Gasteiger partial charge on any atom is -0.491 e. The summed E-state index contributed by atoms with van der Waals surface area (Å²) in [6.07, 6.45) is 3.30. The van der Waals surface area contributed by atoms with Gasteiger partial charge in [-0.1, -0.05) is 24.3 Å². The Balaban J connectivity index is 2.15. The summed E-state index contributed by atoms with van der Waals surface area (Å²) in [7, 11) is 0. The first-order chi connectivity index (χ1) is 16.3. The summed E-state index contributed by atoms with van der Waals surface area (Å²) in [5.41, 5.74) is 1.05. The van der Waals surface area contributed by atoms with Crippen molar-refractivity contribution < 1.29 is 37.7 Å². The Morgan fingerprint density at radius 1 is 1.15 bits per heavy atom. The van der Waals surface area contributed by atoms with E-state index in [2.05, 4.69) is 5.32 Å². The lowest BCUT2D eigenvalue weighted by atomic mass is 10.1. The van der Waals surface area contributed by atoms with Crippen LogP contribution >= 0.6 is 0 Å². The van der Waals surface area contributed by atoms with Crippen LogP contribution in [0.25, 0.3) is 0 Å². The maximum Gasteiger partial charge on any atom is 0.412 e. The lowest BCUT2D eigenvalue weighted by molar-refractivity contribution is -0.137. The number of nitrogens with one attached hydrogen (secondary N) is 1. The Hall–Kier alpha value is -3.72. The number of aliphatic hydroxyl groups is 1. The third-order valence-corrected chi connectivity index (χ3v) is 4.39. The van der Waals surface area contributed by atoms with Gasteiger partial charge in [-0.15, -0.1) is 0 Å². The van der Waals surface area contributed by atoms with Crippen LogP contribution in [0.2, 0.25) is 0 Å². The molecule has 1 atom stereocenters. The molecule has 2 aromatic rings.